The fourth-order valence-corrected chi connectivity index (χ4v) is 2.60. The van der Waals surface area contributed by atoms with E-state index < -0.39 is 0 Å². The maximum Gasteiger partial charge on any atom is 0.127 e. The van der Waals surface area contributed by atoms with Crippen LogP contribution in [0.1, 0.15) is 30.0 Å². The SMILES string of the molecule is Nc1c(C2CCOCC2)ncn1Cc1ccccc1. The summed E-state index contributed by atoms with van der Waals surface area (Å²) in [5.41, 5.74) is 8.52. The minimum atomic E-state index is 0.450. The molecule has 100 valence electrons. The Morgan fingerprint density at radius 3 is 2.68 bits per heavy atom. The lowest BCUT2D eigenvalue weighted by atomic mass is 9.96. The Balaban J connectivity index is 1.78. The van der Waals surface area contributed by atoms with Crippen molar-refractivity contribution >= 4 is 5.82 Å². The normalized spacial score (nSPS) is 16.6. The summed E-state index contributed by atoms with van der Waals surface area (Å²) in [5.74, 6) is 1.25. The minimum Gasteiger partial charge on any atom is -0.384 e. The van der Waals surface area contributed by atoms with Crippen LogP contribution in [0.2, 0.25) is 0 Å². The molecule has 0 spiro atoms. The molecule has 2 N–H and O–H groups in total. The predicted octanol–water partition coefficient (Wildman–Crippen LogP) is 2.41. The van der Waals surface area contributed by atoms with Gasteiger partial charge in [-0.05, 0) is 18.4 Å². The van der Waals surface area contributed by atoms with Crippen molar-refractivity contribution < 1.29 is 4.74 Å². The number of anilines is 1. The lowest BCUT2D eigenvalue weighted by Gasteiger charge is -2.21. The van der Waals surface area contributed by atoms with Crippen molar-refractivity contribution in [3.05, 3.63) is 47.9 Å². The summed E-state index contributed by atoms with van der Waals surface area (Å²) in [6, 6.07) is 10.3. The third kappa shape index (κ3) is 2.63. The van der Waals surface area contributed by atoms with Crippen molar-refractivity contribution in [1.82, 2.24) is 9.55 Å². The van der Waals surface area contributed by atoms with Crippen LogP contribution < -0.4 is 5.73 Å². The third-order valence-electron chi connectivity index (χ3n) is 3.71. The molecule has 0 atom stereocenters. The number of imidazole rings is 1. The van der Waals surface area contributed by atoms with Gasteiger partial charge in [0, 0.05) is 19.1 Å². The minimum absolute atomic E-state index is 0.450. The van der Waals surface area contributed by atoms with E-state index in [1.165, 1.54) is 5.56 Å². The van der Waals surface area contributed by atoms with Crippen molar-refractivity contribution in [3.63, 3.8) is 0 Å². The number of nitrogens with two attached hydrogens (primary N) is 1. The Kier molecular flexibility index (Phi) is 3.51. The molecule has 1 saturated heterocycles. The maximum absolute atomic E-state index is 6.24. The molecule has 0 unspecified atom stereocenters. The number of nitrogens with zero attached hydrogens (tertiary/aromatic N) is 2. The fourth-order valence-electron chi connectivity index (χ4n) is 2.60. The van der Waals surface area contributed by atoms with E-state index in [4.69, 9.17) is 10.5 Å². The Morgan fingerprint density at radius 2 is 1.95 bits per heavy atom. The predicted molar refractivity (Wildman–Crippen MR) is 75.0 cm³/mol. The zero-order valence-corrected chi connectivity index (χ0v) is 11.0. The average molecular weight is 257 g/mol. The van der Waals surface area contributed by atoms with Crippen LogP contribution in [0.25, 0.3) is 0 Å². The van der Waals surface area contributed by atoms with Gasteiger partial charge in [0.15, 0.2) is 0 Å². The second-order valence-corrected chi connectivity index (χ2v) is 5.02. The van der Waals surface area contributed by atoms with Crippen molar-refractivity contribution in [2.75, 3.05) is 18.9 Å². The van der Waals surface area contributed by atoms with E-state index in [0.717, 1.165) is 44.1 Å². The van der Waals surface area contributed by atoms with Crippen LogP contribution in [0.15, 0.2) is 36.7 Å². The Bertz CT molecular complexity index is 530. The summed E-state index contributed by atoms with van der Waals surface area (Å²) >= 11 is 0. The lowest BCUT2D eigenvalue weighted by Crippen LogP contribution is -2.16. The third-order valence-corrected chi connectivity index (χ3v) is 3.71. The Morgan fingerprint density at radius 1 is 1.21 bits per heavy atom. The number of hydrogen-bond donors (Lipinski definition) is 1. The molecule has 19 heavy (non-hydrogen) atoms. The highest BCUT2D eigenvalue weighted by molar-refractivity contribution is 5.39. The molecular weight excluding hydrogens is 238 g/mol. The molecule has 0 aliphatic carbocycles. The summed E-state index contributed by atoms with van der Waals surface area (Å²) in [5, 5.41) is 0. The van der Waals surface area contributed by atoms with E-state index in [9.17, 15) is 0 Å². The van der Waals surface area contributed by atoms with Crippen molar-refractivity contribution in [2.24, 2.45) is 0 Å². The molecular formula is C15H19N3O. The molecule has 4 heteroatoms. The molecule has 0 saturated carbocycles. The molecule has 1 aromatic heterocycles. The van der Waals surface area contributed by atoms with E-state index in [-0.39, 0.29) is 0 Å². The molecule has 2 aromatic rings. The smallest absolute Gasteiger partial charge is 0.127 e. The number of ether oxygens (including phenoxy) is 1. The first-order chi connectivity index (χ1) is 9.34. The zero-order valence-electron chi connectivity index (χ0n) is 11.0. The lowest BCUT2D eigenvalue weighted by molar-refractivity contribution is 0.0847. The number of nitrogen functional groups attached to an aromatic ring is 1. The Hall–Kier alpha value is -1.81. The van der Waals surface area contributed by atoms with Gasteiger partial charge in [0.2, 0.25) is 0 Å². The first-order valence-electron chi connectivity index (χ1n) is 6.77. The molecule has 1 aromatic carbocycles. The molecule has 3 rings (SSSR count). The van der Waals surface area contributed by atoms with E-state index in [1.807, 2.05) is 29.1 Å². The summed E-state index contributed by atoms with van der Waals surface area (Å²) in [6.07, 6.45) is 3.90. The van der Waals surface area contributed by atoms with Gasteiger partial charge in [-0.15, -0.1) is 0 Å². The van der Waals surface area contributed by atoms with Gasteiger partial charge in [-0.1, -0.05) is 30.3 Å². The van der Waals surface area contributed by atoms with Gasteiger partial charge in [-0.2, -0.15) is 0 Å². The van der Waals surface area contributed by atoms with Crippen LogP contribution in [0.3, 0.4) is 0 Å². The summed E-state index contributed by atoms with van der Waals surface area (Å²) in [4.78, 5) is 4.52. The summed E-state index contributed by atoms with van der Waals surface area (Å²) in [7, 11) is 0. The molecule has 1 aliphatic rings. The number of hydrogen-bond acceptors (Lipinski definition) is 3. The molecule has 0 radical (unpaired) electrons. The highest BCUT2D eigenvalue weighted by atomic mass is 16.5. The quantitative estimate of drug-likeness (QED) is 0.918. The Labute approximate surface area is 113 Å². The van der Waals surface area contributed by atoms with Crippen molar-refractivity contribution in [1.29, 1.82) is 0 Å². The highest BCUT2D eigenvalue weighted by Crippen LogP contribution is 2.29. The topological polar surface area (TPSA) is 53.1 Å². The van der Waals surface area contributed by atoms with Crippen molar-refractivity contribution in [2.45, 2.75) is 25.3 Å². The van der Waals surface area contributed by atoms with Gasteiger partial charge in [0.1, 0.15) is 5.82 Å². The van der Waals surface area contributed by atoms with Gasteiger partial charge in [-0.25, -0.2) is 4.98 Å². The average Bonchev–Trinajstić information content (AvgIpc) is 2.82. The van der Waals surface area contributed by atoms with Crippen molar-refractivity contribution in [3.8, 4) is 0 Å². The van der Waals surface area contributed by atoms with Crippen LogP contribution in [0.5, 0.6) is 0 Å². The molecule has 2 heterocycles. The number of aromatic nitrogens is 2. The first kappa shape index (κ1) is 12.2. The van der Waals surface area contributed by atoms with Crippen LogP contribution >= 0.6 is 0 Å². The number of rotatable bonds is 3. The van der Waals surface area contributed by atoms with Gasteiger partial charge in [0.25, 0.3) is 0 Å². The van der Waals surface area contributed by atoms with Gasteiger partial charge < -0.3 is 15.0 Å². The van der Waals surface area contributed by atoms with E-state index in [0.29, 0.717) is 5.92 Å². The van der Waals surface area contributed by atoms with Crippen LogP contribution in [-0.2, 0) is 11.3 Å². The number of benzene rings is 1. The summed E-state index contributed by atoms with van der Waals surface area (Å²) < 4.78 is 7.42. The largest absolute Gasteiger partial charge is 0.384 e. The van der Waals surface area contributed by atoms with Crippen LogP contribution in [0.4, 0.5) is 5.82 Å². The second-order valence-electron chi connectivity index (χ2n) is 5.02. The van der Waals surface area contributed by atoms with E-state index >= 15 is 0 Å². The first-order valence-corrected chi connectivity index (χ1v) is 6.77. The van der Waals surface area contributed by atoms with Gasteiger partial charge in [-0.3, -0.25) is 0 Å². The molecule has 1 aliphatic heterocycles. The van der Waals surface area contributed by atoms with Crippen LogP contribution in [0, 0.1) is 0 Å². The van der Waals surface area contributed by atoms with Crippen LogP contribution in [-0.4, -0.2) is 22.8 Å². The maximum atomic E-state index is 6.24. The zero-order chi connectivity index (χ0) is 13.1. The summed E-state index contributed by atoms with van der Waals surface area (Å²) in [6.45, 7) is 2.41. The molecule has 0 bridgehead atoms. The standard InChI is InChI=1S/C15H19N3O/c16-15-14(13-6-8-19-9-7-13)17-11-18(15)10-12-4-2-1-3-5-12/h1-5,11,13H,6-10,16H2. The van der Waals surface area contributed by atoms with E-state index in [2.05, 4.69) is 17.1 Å². The van der Waals surface area contributed by atoms with Gasteiger partial charge in [0.05, 0.1) is 18.6 Å². The molecule has 0 amide bonds. The van der Waals surface area contributed by atoms with Gasteiger partial charge >= 0.3 is 0 Å². The molecule has 1 fully saturated rings. The fraction of sp³-hybridized carbons (Fsp3) is 0.400. The molecule has 4 nitrogen and oxygen atoms in total. The highest BCUT2D eigenvalue weighted by Gasteiger charge is 2.21. The second kappa shape index (κ2) is 5.45. The van der Waals surface area contributed by atoms with E-state index in [1.54, 1.807) is 0 Å². The monoisotopic (exact) mass is 257 g/mol.